The molecule has 1 N–H and O–H groups in total. The maximum atomic E-state index is 11.4. The smallest absolute Gasteiger partial charge is 0.301 e. The van der Waals surface area contributed by atoms with Crippen molar-refractivity contribution in [3.63, 3.8) is 0 Å². The topological polar surface area (TPSA) is 68.1 Å². The van der Waals surface area contributed by atoms with Gasteiger partial charge in [-0.05, 0) is 49.4 Å². The number of rotatable bonds is 3. The summed E-state index contributed by atoms with van der Waals surface area (Å²) >= 11 is 0. The van der Waals surface area contributed by atoms with Gasteiger partial charge in [0, 0.05) is 12.2 Å². The molecule has 0 bridgehead atoms. The largest absolute Gasteiger partial charge is 0.377 e. The second-order valence-corrected chi connectivity index (χ2v) is 5.55. The molecule has 0 aliphatic heterocycles. The quantitative estimate of drug-likeness (QED) is 0.682. The second-order valence-electron chi connectivity index (χ2n) is 5.55. The van der Waals surface area contributed by atoms with E-state index in [1.807, 2.05) is 6.07 Å². The summed E-state index contributed by atoms with van der Waals surface area (Å²) in [5, 5.41) is 15.3. The van der Waals surface area contributed by atoms with Crippen LogP contribution in [0.4, 0.5) is 11.4 Å². The maximum absolute atomic E-state index is 11.4. The molecule has 1 aromatic carbocycles. The van der Waals surface area contributed by atoms with Gasteiger partial charge in [0.1, 0.15) is 5.69 Å². The molecule has 5 nitrogen and oxygen atoms in total. The highest BCUT2D eigenvalue weighted by Gasteiger charge is 2.25. The van der Waals surface area contributed by atoms with Crippen molar-refractivity contribution in [1.82, 2.24) is 4.98 Å². The fourth-order valence-corrected chi connectivity index (χ4v) is 3.01. The molecule has 1 aliphatic carbocycles. The van der Waals surface area contributed by atoms with Crippen LogP contribution in [-0.2, 0) is 0 Å². The lowest BCUT2D eigenvalue weighted by atomic mass is 10.1. The van der Waals surface area contributed by atoms with Crippen molar-refractivity contribution in [1.29, 1.82) is 0 Å². The number of fused-ring (bicyclic) bond motifs is 1. The molecule has 1 aromatic heterocycles. The Bertz CT molecular complexity index is 657. The Morgan fingerprint density at radius 1 is 1.35 bits per heavy atom. The fraction of sp³-hybridized carbons (Fsp3) is 0.400. The molecule has 1 saturated carbocycles. The molecule has 2 atom stereocenters. The minimum atomic E-state index is -0.315. The van der Waals surface area contributed by atoms with Gasteiger partial charge in [0.15, 0.2) is 0 Å². The molecule has 3 rings (SSSR count). The molecule has 2 unspecified atom stereocenters. The highest BCUT2D eigenvalue weighted by Crippen LogP contribution is 2.35. The van der Waals surface area contributed by atoms with Crippen LogP contribution >= 0.6 is 0 Å². The number of hydrogen-bond acceptors (Lipinski definition) is 4. The van der Waals surface area contributed by atoms with Gasteiger partial charge in [0.25, 0.3) is 0 Å². The van der Waals surface area contributed by atoms with E-state index in [4.69, 9.17) is 0 Å². The van der Waals surface area contributed by atoms with Crippen LogP contribution in [0.25, 0.3) is 10.9 Å². The fourth-order valence-electron chi connectivity index (χ4n) is 3.01. The first-order valence-electron chi connectivity index (χ1n) is 6.94. The summed E-state index contributed by atoms with van der Waals surface area (Å²) in [5.41, 5.74) is 1.40. The molecule has 1 heterocycles. The molecular weight excluding hydrogens is 254 g/mol. The normalized spacial score (nSPS) is 22.1. The van der Waals surface area contributed by atoms with E-state index in [-0.39, 0.29) is 10.6 Å². The number of aromatic nitrogens is 1. The van der Waals surface area contributed by atoms with Gasteiger partial charge in [-0.3, -0.25) is 15.1 Å². The number of nitro groups is 1. The van der Waals surface area contributed by atoms with Crippen molar-refractivity contribution >= 4 is 22.3 Å². The van der Waals surface area contributed by atoms with E-state index in [0.717, 1.165) is 12.8 Å². The average Bonchev–Trinajstić information content (AvgIpc) is 2.83. The van der Waals surface area contributed by atoms with Gasteiger partial charge < -0.3 is 5.32 Å². The van der Waals surface area contributed by atoms with Gasteiger partial charge in [0.05, 0.1) is 15.8 Å². The second kappa shape index (κ2) is 5.07. The molecule has 0 amide bonds. The number of benzene rings is 1. The molecule has 0 spiro atoms. The van der Waals surface area contributed by atoms with Crippen molar-refractivity contribution in [2.45, 2.75) is 32.2 Å². The van der Waals surface area contributed by atoms with Gasteiger partial charge in [-0.15, -0.1) is 0 Å². The molecule has 1 fully saturated rings. The van der Waals surface area contributed by atoms with Crippen molar-refractivity contribution in [3.8, 4) is 0 Å². The van der Waals surface area contributed by atoms with Gasteiger partial charge in [-0.2, -0.15) is 0 Å². The van der Waals surface area contributed by atoms with E-state index in [9.17, 15) is 10.1 Å². The number of anilines is 1. The molecule has 0 saturated heterocycles. The lowest BCUT2D eigenvalue weighted by Gasteiger charge is -2.14. The highest BCUT2D eigenvalue weighted by molar-refractivity contribution is 5.94. The van der Waals surface area contributed by atoms with Gasteiger partial charge >= 0.3 is 5.69 Å². The predicted molar refractivity (Wildman–Crippen MR) is 78.8 cm³/mol. The summed E-state index contributed by atoms with van der Waals surface area (Å²) in [6.45, 7) is 2.22. The van der Waals surface area contributed by atoms with E-state index < -0.39 is 0 Å². The van der Waals surface area contributed by atoms with Crippen LogP contribution in [-0.4, -0.2) is 15.9 Å². The Kier molecular flexibility index (Phi) is 3.26. The first kappa shape index (κ1) is 12.8. The van der Waals surface area contributed by atoms with Crippen molar-refractivity contribution in [2.24, 2.45) is 5.92 Å². The summed E-state index contributed by atoms with van der Waals surface area (Å²) in [6, 6.07) is 7.43. The monoisotopic (exact) mass is 271 g/mol. The first-order chi connectivity index (χ1) is 9.65. The molecule has 0 radical (unpaired) electrons. The Morgan fingerprint density at radius 2 is 2.20 bits per heavy atom. The summed E-state index contributed by atoms with van der Waals surface area (Å²) < 4.78 is 0. The van der Waals surface area contributed by atoms with Gasteiger partial charge in [-0.1, -0.05) is 6.92 Å². The third kappa shape index (κ3) is 2.31. The number of nitrogens with one attached hydrogen (secondary N) is 1. The summed E-state index contributed by atoms with van der Waals surface area (Å²) in [5.74, 6) is 0.689. The van der Waals surface area contributed by atoms with Crippen LogP contribution in [0.15, 0.2) is 30.5 Å². The maximum Gasteiger partial charge on any atom is 0.301 e. The Labute approximate surface area is 117 Å². The molecule has 20 heavy (non-hydrogen) atoms. The van der Waals surface area contributed by atoms with Gasteiger partial charge in [-0.25, -0.2) is 0 Å². The van der Waals surface area contributed by atoms with Crippen LogP contribution in [0.1, 0.15) is 26.2 Å². The lowest BCUT2D eigenvalue weighted by Crippen LogP contribution is -2.16. The van der Waals surface area contributed by atoms with Crippen LogP contribution < -0.4 is 5.32 Å². The van der Waals surface area contributed by atoms with Crippen LogP contribution in [0.3, 0.4) is 0 Å². The Hall–Kier alpha value is -2.17. The Balaban J connectivity index is 2.01. The number of nitro benzene ring substituents is 1. The number of hydrogen-bond donors (Lipinski definition) is 1. The van der Waals surface area contributed by atoms with E-state index in [0.29, 0.717) is 28.6 Å². The standard InChI is InChI=1S/C15H17N3O2/c1-10-4-5-11(9-10)17-14-7-6-13-12(3-2-8-16-13)15(14)18(19)20/h2-3,6-8,10-11,17H,4-5,9H2,1H3. The average molecular weight is 271 g/mol. The molecule has 104 valence electrons. The molecule has 1 aliphatic rings. The van der Waals surface area contributed by atoms with E-state index in [2.05, 4.69) is 17.2 Å². The van der Waals surface area contributed by atoms with Crippen LogP contribution in [0.5, 0.6) is 0 Å². The molecule has 2 aromatic rings. The zero-order valence-corrected chi connectivity index (χ0v) is 11.4. The van der Waals surface area contributed by atoms with Crippen molar-refractivity contribution < 1.29 is 4.92 Å². The lowest BCUT2D eigenvalue weighted by molar-refractivity contribution is -0.382. The first-order valence-corrected chi connectivity index (χ1v) is 6.94. The van der Waals surface area contributed by atoms with E-state index >= 15 is 0 Å². The summed E-state index contributed by atoms with van der Waals surface area (Å²) in [7, 11) is 0. The van der Waals surface area contributed by atoms with Crippen molar-refractivity contribution in [2.75, 3.05) is 5.32 Å². The molecular formula is C15H17N3O2. The summed E-state index contributed by atoms with van der Waals surface area (Å²) in [6.07, 6.45) is 4.98. The minimum Gasteiger partial charge on any atom is -0.377 e. The van der Waals surface area contributed by atoms with E-state index in [1.54, 1.807) is 24.4 Å². The zero-order valence-electron chi connectivity index (χ0n) is 11.4. The minimum absolute atomic E-state index is 0.134. The Morgan fingerprint density at radius 3 is 2.90 bits per heavy atom. The predicted octanol–water partition coefficient (Wildman–Crippen LogP) is 3.74. The molecule has 5 heteroatoms. The number of pyridine rings is 1. The SMILES string of the molecule is CC1CCC(Nc2ccc3ncccc3c2[N+](=O)[O-])C1. The third-order valence-corrected chi connectivity index (χ3v) is 3.99. The third-order valence-electron chi connectivity index (χ3n) is 3.99. The highest BCUT2D eigenvalue weighted by atomic mass is 16.6. The van der Waals surface area contributed by atoms with Gasteiger partial charge in [0.2, 0.25) is 0 Å². The summed E-state index contributed by atoms with van der Waals surface area (Å²) in [4.78, 5) is 15.3. The van der Waals surface area contributed by atoms with E-state index in [1.165, 1.54) is 6.42 Å². The van der Waals surface area contributed by atoms with Crippen LogP contribution in [0, 0.1) is 16.0 Å². The van der Waals surface area contributed by atoms with Crippen LogP contribution in [0.2, 0.25) is 0 Å². The zero-order chi connectivity index (χ0) is 14.1. The van der Waals surface area contributed by atoms with Crippen molar-refractivity contribution in [3.05, 3.63) is 40.6 Å². The number of nitrogens with zero attached hydrogens (tertiary/aromatic N) is 2.